The average Bonchev–Trinajstić information content (AvgIpc) is 3.01. The molecule has 0 spiro atoms. The molecule has 0 bridgehead atoms. The van der Waals surface area contributed by atoms with Crippen molar-refractivity contribution in [2.75, 3.05) is 6.61 Å². The lowest BCUT2D eigenvalue weighted by molar-refractivity contribution is -0.151. The normalized spacial score (nSPS) is 12.3. The minimum atomic E-state index is -2.79. The number of carbonyl (C=O) groups excluding carboxylic acids is 1. The number of hydrogen-bond acceptors (Lipinski definition) is 4. The molecule has 5 nitrogen and oxygen atoms in total. The lowest BCUT2D eigenvalue weighted by atomic mass is 10.3. The third-order valence-corrected chi connectivity index (χ3v) is 3.59. The molecule has 0 aliphatic rings. The lowest BCUT2D eigenvalue weighted by Gasteiger charge is -2.15. The number of rotatable bonds is 6. The van der Waals surface area contributed by atoms with Gasteiger partial charge in [0.1, 0.15) is 5.75 Å². The predicted molar refractivity (Wildman–Crippen MR) is 87.4 cm³/mol. The third-order valence-electron chi connectivity index (χ3n) is 3.59. The zero-order valence-electron chi connectivity index (χ0n) is 13.4. The number of alkyl halides is 2. The molecule has 0 saturated carbocycles. The monoisotopic (exact) mass is 346 g/mol. The van der Waals surface area contributed by atoms with Crippen LogP contribution in [0.25, 0.3) is 11.0 Å². The predicted octanol–water partition coefficient (Wildman–Crippen LogP) is 4.11. The molecule has 1 unspecified atom stereocenters. The van der Waals surface area contributed by atoms with Crippen LogP contribution in [0.3, 0.4) is 0 Å². The molecule has 0 fully saturated rings. The number of benzene rings is 2. The molecule has 1 aromatic heterocycles. The van der Waals surface area contributed by atoms with Crippen LogP contribution in [0.15, 0.2) is 54.6 Å². The molecule has 1 atom stereocenters. The van der Waals surface area contributed by atoms with E-state index in [9.17, 15) is 13.6 Å². The second-order valence-electron chi connectivity index (χ2n) is 5.34. The Morgan fingerprint density at radius 1 is 1.12 bits per heavy atom. The van der Waals surface area contributed by atoms with Gasteiger partial charge >= 0.3 is 12.5 Å². The fourth-order valence-electron chi connectivity index (χ4n) is 2.50. The summed E-state index contributed by atoms with van der Waals surface area (Å²) in [4.78, 5) is 16.1. The molecule has 0 aliphatic carbocycles. The molecule has 0 saturated heterocycles. The number of carbonyl (C=O) groups is 1. The van der Waals surface area contributed by atoms with Gasteiger partial charge in [-0.2, -0.15) is 8.78 Å². The number of ether oxygens (including phenoxy) is 2. The van der Waals surface area contributed by atoms with Gasteiger partial charge in [0.15, 0.2) is 18.5 Å². The van der Waals surface area contributed by atoms with Crippen LogP contribution in [-0.4, -0.2) is 22.1 Å². The Kier molecular flexibility index (Phi) is 4.92. The molecular formula is C18H16F2N2O3. The maximum atomic E-state index is 13.4. The van der Waals surface area contributed by atoms with Gasteiger partial charge in [0.05, 0.1) is 11.0 Å². The van der Waals surface area contributed by atoms with E-state index >= 15 is 0 Å². The van der Waals surface area contributed by atoms with E-state index in [4.69, 9.17) is 9.47 Å². The highest BCUT2D eigenvalue weighted by atomic mass is 19.3. The first-order valence-corrected chi connectivity index (χ1v) is 7.68. The summed E-state index contributed by atoms with van der Waals surface area (Å²) in [6.45, 7) is -1.60. The van der Waals surface area contributed by atoms with Crippen molar-refractivity contribution in [3.05, 3.63) is 60.4 Å². The Bertz CT molecular complexity index is 865. The minimum absolute atomic E-state index is 0.00994. The van der Waals surface area contributed by atoms with E-state index in [0.717, 1.165) is 4.57 Å². The number of nitrogens with zero attached hydrogens (tertiary/aromatic N) is 2. The van der Waals surface area contributed by atoms with E-state index in [2.05, 4.69) is 4.98 Å². The fourth-order valence-corrected chi connectivity index (χ4v) is 2.50. The topological polar surface area (TPSA) is 53.4 Å². The second-order valence-corrected chi connectivity index (χ2v) is 5.34. The molecule has 3 rings (SSSR count). The third kappa shape index (κ3) is 3.76. The number of aromatic nitrogens is 2. The Hall–Kier alpha value is -2.96. The summed E-state index contributed by atoms with van der Waals surface area (Å²) < 4.78 is 38.1. The van der Waals surface area contributed by atoms with Gasteiger partial charge < -0.3 is 9.47 Å². The van der Waals surface area contributed by atoms with Crippen LogP contribution in [0, 0.1) is 0 Å². The maximum absolute atomic E-state index is 13.4. The van der Waals surface area contributed by atoms with E-state index in [1.807, 2.05) is 6.07 Å². The number of fused-ring (bicyclic) bond motifs is 1. The van der Waals surface area contributed by atoms with Gasteiger partial charge in [-0.3, -0.25) is 4.57 Å². The Morgan fingerprint density at radius 3 is 2.52 bits per heavy atom. The molecule has 130 valence electrons. The standard InChI is InChI=1S/C18H16F2N2O3/c1-12(25-16(23)11-24-13-7-3-2-4-8-13)17-21-14-9-5-6-10-15(14)22(17)18(19)20/h2-10,12,18H,11H2,1H3. The van der Waals surface area contributed by atoms with Crippen molar-refractivity contribution < 1.29 is 23.0 Å². The van der Waals surface area contributed by atoms with Gasteiger partial charge in [-0.15, -0.1) is 0 Å². The van der Waals surface area contributed by atoms with E-state index in [1.54, 1.807) is 48.5 Å². The average molecular weight is 346 g/mol. The largest absolute Gasteiger partial charge is 0.482 e. The summed E-state index contributed by atoms with van der Waals surface area (Å²) in [6, 6.07) is 15.3. The minimum Gasteiger partial charge on any atom is -0.482 e. The maximum Gasteiger partial charge on any atom is 0.344 e. The highest BCUT2D eigenvalue weighted by molar-refractivity contribution is 5.76. The number of imidazole rings is 1. The number of hydrogen-bond donors (Lipinski definition) is 0. The van der Waals surface area contributed by atoms with E-state index < -0.39 is 18.6 Å². The molecule has 7 heteroatoms. The molecule has 1 heterocycles. The Labute approximate surface area is 142 Å². The van der Waals surface area contributed by atoms with Gasteiger partial charge in [-0.1, -0.05) is 30.3 Å². The summed E-state index contributed by atoms with van der Waals surface area (Å²) in [6.07, 6.45) is -0.937. The molecule has 25 heavy (non-hydrogen) atoms. The van der Waals surface area contributed by atoms with Gasteiger partial charge in [0.2, 0.25) is 0 Å². The smallest absolute Gasteiger partial charge is 0.344 e. The highest BCUT2D eigenvalue weighted by Gasteiger charge is 2.24. The number of halogens is 2. The molecule has 3 aromatic rings. The number of esters is 1. The van der Waals surface area contributed by atoms with Crippen molar-refractivity contribution in [3.8, 4) is 5.75 Å². The van der Waals surface area contributed by atoms with Crippen molar-refractivity contribution in [2.24, 2.45) is 0 Å². The molecule has 0 N–H and O–H groups in total. The van der Waals surface area contributed by atoms with Crippen LogP contribution in [0.1, 0.15) is 25.4 Å². The first-order chi connectivity index (χ1) is 12.1. The zero-order valence-corrected chi connectivity index (χ0v) is 13.4. The SMILES string of the molecule is CC(OC(=O)COc1ccccc1)c1nc2ccccc2n1C(F)F. The van der Waals surface area contributed by atoms with Crippen molar-refractivity contribution in [3.63, 3.8) is 0 Å². The van der Waals surface area contributed by atoms with Crippen LogP contribution >= 0.6 is 0 Å². The van der Waals surface area contributed by atoms with E-state index in [0.29, 0.717) is 11.3 Å². The van der Waals surface area contributed by atoms with Gasteiger partial charge in [0, 0.05) is 0 Å². The van der Waals surface area contributed by atoms with Crippen LogP contribution in [0.4, 0.5) is 8.78 Å². The molecule has 0 aliphatic heterocycles. The first-order valence-electron chi connectivity index (χ1n) is 7.68. The highest BCUT2D eigenvalue weighted by Crippen LogP contribution is 2.28. The van der Waals surface area contributed by atoms with Crippen LogP contribution in [-0.2, 0) is 9.53 Å². The summed E-state index contributed by atoms with van der Waals surface area (Å²) in [7, 11) is 0. The molecular weight excluding hydrogens is 330 g/mol. The lowest BCUT2D eigenvalue weighted by Crippen LogP contribution is -2.19. The first kappa shape index (κ1) is 16.9. The van der Waals surface area contributed by atoms with Crippen molar-refractivity contribution >= 4 is 17.0 Å². The Balaban J connectivity index is 1.72. The summed E-state index contributed by atoms with van der Waals surface area (Å²) in [5.41, 5.74) is 0.706. The van der Waals surface area contributed by atoms with Crippen molar-refractivity contribution in [1.82, 2.24) is 9.55 Å². The van der Waals surface area contributed by atoms with Crippen LogP contribution in [0.2, 0.25) is 0 Å². The molecule has 0 amide bonds. The molecule has 0 radical (unpaired) electrons. The van der Waals surface area contributed by atoms with Gasteiger partial charge in [-0.25, -0.2) is 9.78 Å². The van der Waals surface area contributed by atoms with Gasteiger partial charge in [-0.05, 0) is 31.2 Å². The van der Waals surface area contributed by atoms with Crippen molar-refractivity contribution in [1.29, 1.82) is 0 Å². The number of para-hydroxylation sites is 3. The quantitative estimate of drug-likeness (QED) is 0.630. The van der Waals surface area contributed by atoms with E-state index in [1.165, 1.54) is 6.92 Å². The van der Waals surface area contributed by atoms with E-state index in [-0.39, 0.29) is 17.9 Å². The summed E-state index contributed by atoms with van der Waals surface area (Å²) in [5, 5.41) is 0. The summed E-state index contributed by atoms with van der Waals surface area (Å²) >= 11 is 0. The molecule has 2 aromatic carbocycles. The fraction of sp³-hybridized carbons (Fsp3) is 0.222. The summed E-state index contributed by atoms with van der Waals surface area (Å²) in [5.74, 6) is -0.152. The Morgan fingerprint density at radius 2 is 1.80 bits per heavy atom. The van der Waals surface area contributed by atoms with Crippen LogP contribution in [0.5, 0.6) is 5.75 Å². The van der Waals surface area contributed by atoms with Crippen molar-refractivity contribution in [2.45, 2.75) is 19.6 Å². The zero-order chi connectivity index (χ0) is 17.8. The van der Waals surface area contributed by atoms with Crippen LogP contribution < -0.4 is 4.74 Å². The second kappa shape index (κ2) is 7.29. The van der Waals surface area contributed by atoms with Gasteiger partial charge in [0.25, 0.3) is 0 Å².